The zero-order valence-corrected chi connectivity index (χ0v) is 5.40. The SMILES string of the molecule is C1=Cc2cncc[n+]2CO1. The van der Waals surface area contributed by atoms with Crippen LogP contribution in [0.25, 0.3) is 6.08 Å². The molecule has 1 aromatic heterocycles. The van der Waals surface area contributed by atoms with Crippen LogP contribution in [0.1, 0.15) is 5.69 Å². The van der Waals surface area contributed by atoms with Gasteiger partial charge in [-0.3, -0.25) is 4.98 Å². The van der Waals surface area contributed by atoms with Gasteiger partial charge in [-0.15, -0.1) is 0 Å². The lowest BCUT2D eigenvalue weighted by molar-refractivity contribution is -0.733. The molecule has 2 rings (SSSR count). The highest BCUT2D eigenvalue weighted by Gasteiger charge is 2.09. The van der Waals surface area contributed by atoms with Crippen molar-refractivity contribution in [2.75, 3.05) is 0 Å². The van der Waals surface area contributed by atoms with E-state index < -0.39 is 0 Å². The molecule has 50 valence electrons. The number of hydrogen-bond acceptors (Lipinski definition) is 2. The molecular formula is C7H7N2O+. The van der Waals surface area contributed by atoms with Gasteiger partial charge < -0.3 is 4.74 Å². The molecule has 0 radical (unpaired) electrons. The molecule has 1 aliphatic rings. The summed E-state index contributed by atoms with van der Waals surface area (Å²) in [6.45, 7) is 0.592. The van der Waals surface area contributed by atoms with E-state index in [9.17, 15) is 0 Å². The highest BCUT2D eigenvalue weighted by molar-refractivity contribution is 5.38. The number of nitrogens with zero attached hydrogens (tertiary/aromatic N) is 2. The van der Waals surface area contributed by atoms with Crippen molar-refractivity contribution in [3.63, 3.8) is 0 Å². The molecule has 0 saturated heterocycles. The third kappa shape index (κ3) is 0.757. The van der Waals surface area contributed by atoms with Crippen molar-refractivity contribution in [1.29, 1.82) is 0 Å². The molecule has 1 aromatic rings. The number of rotatable bonds is 0. The fourth-order valence-electron chi connectivity index (χ4n) is 0.896. The third-order valence-corrected chi connectivity index (χ3v) is 1.42. The summed E-state index contributed by atoms with van der Waals surface area (Å²) in [5.41, 5.74) is 1.08. The number of aromatic nitrogens is 2. The monoisotopic (exact) mass is 135 g/mol. The van der Waals surface area contributed by atoms with Crippen molar-refractivity contribution in [3.05, 3.63) is 30.5 Å². The van der Waals surface area contributed by atoms with Crippen LogP contribution in [0.4, 0.5) is 0 Å². The highest BCUT2D eigenvalue weighted by Crippen LogP contribution is 1.97. The molecule has 1 aliphatic heterocycles. The molecule has 0 unspecified atom stereocenters. The summed E-state index contributed by atoms with van der Waals surface area (Å²) in [6.07, 6.45) is 9.00. The van der Waals surface area contributed by atoms with Crippen LogP contribution < -0.4 is 4.57 Å². The molecule has 0 N–H and O–H groups in total. The molecule has 0 aromatic carbocycles. The molecule has 10 heavy (non-hydrogen) atoms. The van der Waals surface area contributed by atoms with Crippen LogP contribution in [0.3, 0.4) is 0 Å². The van der Waals surface area contributed by atoms with E-state index in [4.69, 9.17) is 4.74 Å². The smallest absolute Gasteiger partial charge is 0.291 e. The van der Waals surface area contributed by atoms with Crippen LogP contribution in [0, 0.1) is 0 Å². The molecule has 3 nitrogen and oxygen atoms in total. The van der Waals surface area contributed by atoms with E-state index in [1.54, 1.807) is 18.7 Å². The topological polar surface area (TPSA) is 26.0 Å². The van der Waals surface area contributed by atoms with E-state index in [0.29, 0.717) is 6.73 Å². The van der Waals surface area contributed by atoms with Gasteiger partial charge in [0, 0.05) is 6.08 Å². The maximum Gasteiger partial charge on any atom is 0.291 e. The quantitative estimate of drug-likeness (QED) is 0.479. The standard InChI is InChI=1S/C7H7N2O/c1-4-10-6-9-3-2-8-5-7(1)9/h1-5H,6H2/q+1. The fourth-order valence-corrected chi connectivity index (χ4v) is 0.896. The van der Waals surface area contributed by atoms with Gasteiger partial charge in [0.15, 0.2) is 6.20 Å². The minimum absolute atomic E-state index is 0.592. The Bertz CT molecular complexity index is 270. The van der Waals surface area contributed by atoms with Crippen molar-refractivity contribution >= 4 is 6.08 Å². The zero-order chi connectivity index (χ0) is 6.81. The Hall–Kier alpha value is -1.38. The first-order valence-corrected chi connectivity index (χ1v) is 3.08. The van der Waals surface area contributed by atoms with E-state index in [0.717, 1.165) is 5.69 Å². The molecule has 2 heterocycles. The van der Waals surface area contributed by atoms with Crippen molar-refractivity contribution in [3.8, 4) is 0 Å². The summed E-state index contributed by atoms with van der Waals surface area (Å²) in [7, 11) is 0. The van der Waals surface area contributed by atoms with Crippen LogP contribution in [0.2, 0.25) is 0 Å². The van der Waals surface area contributed by atoms with Gasteiger partial charge in [-0.1, -0.05) is 0 Å². The Labute approximate surface area is 58.6 Å². The minimum Gasteiger partial charge on any atom is -0.443 e. The first-order valence-electron chi connectivity index (χ1n) is 3.08. The molecular weight excluding hydrogens is 128 g/mol. The van der Waals surface area contributed by atoms with E-state index in [1.807, 2.05) is 16.8 Å². The molecule has 0 bridgehead atoms. The van der Waals surface area contributed by atoms with E-state index in [2.05, 4.69) is 4.98 Å². The lowest BCUT2D eigenvalue weighted by Crippen LogP contribution is -2.39. The molecule has 0 amide bonds. The average Bonchev–Trinajstić information content (AvgIpc) is 2.05. The van der Waals surface area contributed by atoms with E-state index >= 15 is 0 Å². The van der Waals surface area contributed by atoms with Crippen LogP contribution >= 0.6 is 0 Å². The summed E-state index contributed by atoms with van der Waals surface area (Å²) < 4.78 is 7.03. The molecule has 0 saturated carbocycles. The van der Waals surface area contributed by atoms with Gasteiger partial charge in [0.2, 0.25) is 5.69 Å². The Morgan fingerprint density at radius 3 is 3.50 bits per heavy atom. The predicted octanol–water partition coefficient (Wildman–Crippen LogP) is 0.328. The number of fused-ring (bicyclic) bond motifs is 1. The fraction of sp³-hybridized carbons (Fsp3) is 0.143. The minimum atomic E-state index is 0.592. The van der Waals surface area contributed by atoms with Gasteiger partial charge >= 0.3 is 0 Å². The lowest BCUT2D eigenvalue weighted by Gasteiger charge is -2.03. The van der Waals surface area contributed by atoms with Gasteiger partial charge in [-0.25, -0.2) is 0 Å². The Morgan fingerprint density at radius 2 is 2.60 bits per heavy atom. The van der Waals surface area contributed by atoms with Gasteiger partial charge in [0.25, 0.3) is 6.73 Å². The second-order valence-electron chi connectivity index (χ2n) is 2.07. The Morgan fingerprint density at radius 1 is 1.60 bits per heavy atom. The average molecular weight is 135 g/mol. The molecule has 0 spiro atoms. The predicted molar refractivity (Wildman–Crippen MR) is 34.6 cm³/mol. The van der Waals surface area contributed by atoms with Crippen molar-refractivity contribution in [2.24, 2.45) is 0 Å². The van der Waals surface area contributed by atoms with Gasteiger partial charge in [0.05, 0.1) is 18.7 Å². The maximum absolute atomic E-state index is 5.05. The highest BCUT2D eigenvalue weighted by atomic mass is 16.5. The van der Waals surface area contributed by atoms with Crippen molar-refractivity contribution < 1.29 is 9.30 Å². The summed E-state index contributed by atoms with van der Waals surface area (Å²) >= 11 is 0. The molecule has 0 fully saturated rings. The summed E-state index contributed by atoms with van der Waals surface area (Å²) in [4.78, 5) is 3.97. The van der Waals surface area contributed by atoms with Crippen molar-refractivity contribution in [1.82, 2.24) is 4.98 Å². The second kappa shape index (κ2) is 2.10. The van der Waals surface area contributed by atoms with Crippen LogP contribution in [-0.2, 0) is 11.5 Å². The van der Waals surface area contributed by atoms with Gasteiger partial charge in [0.1, 0.15) is 0 Å². The summed E-state index contributed by atoms with van der Waals surface area (Å²) in [6, 6.07) is 0. The van der Waals surface area contributed by atoms with Crippen LogP contribution in [0.15, 0.2) is 24.9 Å². The van der Waals surface area contributed by atoms with Gasteiger partial charge in [-0.2, -0.15) is 4.57 Å². The Balaban J connectivity index is 2.54. The van der Waals surface area contributed by atoms with Crippen LogP contribution in [0.5, 0.6) is 0 Å². The normalized spacial score (nSPS) is 14.0. The van der Waals surface area contributed by atoms with Crippen molar-refractivity contribution in [2.45, 2.75) is 6.73 Å². The first kappa shape index (κ1) is 5.41. The molecule has 3 heteroatoms. The summed E-state index contributed by atoms with van der Waals surface area (Å²) in [5, 5.41) is 0. The first-order chi connectivity index (χ1) is 4.97. The third-order valence-electron chi connectivity index (χ3n) is 1.42. The van der Waals surface area contributed by atoms with E-state index in [-0.39, 0.29) is 0 Å². The van der Waals surface area contributed by atoms with E-state index in [1.165, 1.54) is 0 Å². The Kier molecular flexibility index (Phi) is 1.13. The molecule has 0 aliphatic carbocycles. The van der Waals surface area contributed by atoms with Gasteiger partial charge in [-0.05, 0) is 0 Å². The molecule has 0 atom stereocenters. The second-order valence-corrected chi connectivity index (χ2v) is 2.07. The number of ether oxygens (including phenoxy) is 1. The number of hydrogen-bond donors (Lipinski definition) is 0. The maximum atomic E-state index is 5.05. The largest absolute Gasteiger partial charge is 0.443 e. The zero-order valence-electron chi connectivity index (χ0n) is 5.40. The lowest BCUT2D eigenvalue weighted by atomic mass is 10.4. The summed E-state index contributed by atoms with van der Waals surface area (Å²) in [5.74, 6) is 0. The van der Waals surface area contributed by atoms with Crippen LogP contribution in [-0.4, -0.2) is 4.98 Å².